The minimum Gasteiger partial charge on any atom is -0.427 e. The average molecular weight is 221 g/mol. The van der Waals surface area contributed by atoms with Gasteiger partial charge in [-0.25, -0.2) is 0 Å². The van der Waals surface area contributed by atoms with Crippen molar-refractivity contribution in [3.8, 4) is 0 Å². The number of benzene rings is 1. The van der Waals surface area contributed by atoms with Crippen molar-refractivity contribution < 1.29 is 9.78 Å². The van der Waals surface area contributed by atoms with Gasteiger partial charge in [-0.15, -0.1) is 5.16 Å². The maximum atomic E-state index is 9.35. The van der Waals surface area contributed by atoms with Gasteiger partial charge in [-0.2, -0.15) is 0 Å². The van der Waals surface area contributed by atoms with Crippen LogP contribution in [0.4, 0.5) is 0 Å². The van der Waals surface area contributed by atoms with Crippen LogP contribution in [-0.2, 0) is 4.76 Å². The molecule has 1 aliphatic rings. The molecule has 0 aromatic heterocycles. The number of aryl methyl sites for hydroxylation is 1. The monoisotopic (exact) mass is 221 g/mol. The number of nitrogens with zero attached hydrogens (tertiary/aromatic N) is 1. The summed E-state index contributed by atoms with van der Waals surface area (Å²) >= 11 is 0. The van der Waals surface area contributed by atoms with E-state index in [0.717, 1.165) is 16.6 Å². The second-order valence-electron chi connectivity index (χ2n) is 2.82. The third-order valence-corrected chi connectivity index (χ3v) is 1.86. The fraction of sp³-hybridized carbons (Fsp3) is 0.417. The number of oxime groups is 1. The van der Waals surface area contributed by atoms with E-state index in [4.69, 9.17) is 0 Å². The molecular weight excluding hydrogens is 201 g/mol. The second kappa shape index (κ2) is 7.94. The van der Waals surface area contributed by atoms with Crippen LogP contribution >= 0.6 is 0 Å². The molecule has 0 unspecified atom stereocenters. The van der Waals surface area contributed by atoms with Gasteiger partial charge in [0.05, 0.1) is 6.21 Å². The van der Waals surface area contributed by atoms with E-state index in [2.05, 4.69) is 9.91 Å². The van der Waals surface area contributed by atoms with E-state index < -0.39 is 7.12 Å². The Morgan fingerprint density at radius 3 is 2.44 bits per heavy atom. The van der Waals surface area contributed by atoms with E-state index in [-0.39, 0.29) is 0 Å². The van der Waals surface area contributed by atoms with E-state index in [1.807, 2.05) is 52.8 Å². The van der Waals surface area contributed by atoms with Crippen molar-refractivity contribution >= 4 is 18.8 Å². The van der Waals surface area contributed by atoms with Gasteiger partial charge in [-0.05, 0) is 12.5 Å². The minimum absolute atomic E-state index is 0.782. The van der Waals surface area contributed by atoms with Gasteiger partial charge in [0, 0.05) is 5.46 Å². The first-order valence-electron chi connectivity index (χ1n) is 5.75. The molecule has 3 nitrogen and oxygen atoms in total. The summed E-state index contributed by atoms with van der Waals surface area (Å²) in [7, 11) is -0.912. The molecule has 1 heterocycles. The SMILES string of the molecule is CC.CC.Cc1ccc2c(c1)B(O)ON=C2. The Labute approximate surface area is 98.3 Å². The number of hydrogen-bond donors (Lipinski definition) is 1. The molecule has 4 heteroatoms. The smallest absolute Gasteiger partial charge is 0.427 e. The van der Waals surface area contributed by atoms with Crippen molar-refractivity contribution in [1.29, 1.82) is 0 Å². The molecule has 0 amide bonds. The average Bonchev–Trinajstić information content (AvgIpc) is 2.35. The minimum atomic E-state index is -0.912. The lowest BCUT2D eigenvalue weighted by Crippen LogP contribution is -2.37. The van der Waals surface area contributed by atoms with Crippen molar-refractivity contribution in [3.05, 3.63) is 29.3 Å². The fourth-order valence-corrected chi connectivity index (χ4v) is 1.23. The van der Waals surface area contributed by atoms with Gasteiger partial charge in [-0.1, -0.05) is 51.5 Å². The lowest BCUT2D eigenvalue weighted by Gasteiger charge is -2.12. The largest absolute Gasteiger partial charge is 0.583 e. The van der Waals surface area contributed by atoms with E-state index in [1.54, 1.807) is 6.21 Å². The van der Waals surface area contributed by atoms with E-state index in [1.165, 1.54) is 0 Å². The van der Waals surface area contributed by atoms with Crippen LogP contribution in [0.15, 0.2) is 23.4 Å². The number of fused-ring (bicyclic) bond motifs is 1. The van der Waals surface area contributed by atoms with Crippen LogP contribution in [0.1, 0.15) is 38.8 Å². The normalized spacial score (nSPS) is 11.2. The Morgan fingerprint density at radius 2 is 1.81 bits per heavy atom. The van der Waals surface area contributed by atoms with Crippen molar-refractivity contribution in [1.82, 2.24) is 0 Å². The molecule has 1 aromatic rings. The molecule has 0 saturated carbocycles. The Balaban J connectivity index is 0.000000509. The first kappa shape index (κ1) is 14.7. The first-order valence-corrected chi connectivity index (χ1v) is 5.75. The molecule has 1 N–H and O–H groups in total. The third kappa shape index (κ3) is 3.70. The molecular formula is C12H20BNO2. The molecule has 88 valence electrons. The highest BCUT2D eigenvalue weighted by Crippen LogP contribution is 2.04. The van der Waals surface area contributed by atoms with Gasteiger partial charge in [0.25, 0.3) is 0 Å². The quantitative estimate of drug-likeness (QED) is 0.681. The number of rotatable bonds is 0. The molecule has 0 saturated heterocycles. The van der Waals surface area contributed by atoms with E-state index in [9.17, 15) is 5.02 Å². The zero-order valence-electron chi connectivity index (χ0n) is 10.7. The van der Waals surface area contributed by atoms with Crippen molar-refractivity contribution in [3.63, 3.8) is 0 Å². The van der Waals surface area contributed by atoms with Crippen LogP contribution < -0.4 is 5.46 Å². The van der Waals surface area contributed by atoms with Gasteiger partial charge in [0.15, 0.2) is 0 Å². The maximum absolute atomic E-state index is 9.35. The molecule has 0 spiro atoms. The third-order valence-electron chi connectivity index (χ3n) is 1.86. The highest BCUT2D eigenvalue weighted by atomic mass is 16.6. The summed E-state index contributed by atoms with van der Waals surface area (Å²) in [5.74, 6) is 0. The highest BCUT2D eigenvalue weighted by molar-refractivity contribution is 6.62. The summed E-state index contributed by atoms with van der Waals surface area (Å²) in [5, 5.41) is 12.9. The summed E-state index contributed by atoms with van der Waals surface area (Å²) in [6.45, 7) is 9.97. The molecule has 0 aliphatic carbocycles. The molecule has 0 atom stereocenters. The number of hydrogen-bond acceptors (Lipinski definition) is 3. The first-order chi connectivity index (χ1) is 7.77. The topological polar surface area (TPSA) is 41.8 Å². The van der Waals surface area contributed by atoms with Gasteiger partial charge in [0.1, 0.15) is 0 Å². The standard InChI is InChI=1S/C8H8BNO2.2C2H6/c1-6-2-3-7-5-10-12-9(11)8(7)4-6;2*1-2/h2-5,11H,1H3;2*1-2H3. The summed E-state index contributed by atoms with van der Waals surface area (Å²) in [4.78, 5) is 0. The van der Waals surface area contributed by atoms with Crippen LogP contribution in [0, 0.1) is 6.92 Å². The summed E-state index contributed by atoms with van der Waals surface area (Å²) in [6.07, 6.45) is 1.60. The van der Waals surface area contributed by atoms with Crippen LogP contribution in [0.5, 0.6) is 0 Å². The van der Waals surface area contributed by atoms with Crippen molar-refractivity contribution in [2.75, 3.05) is 0 Å². The molecule has 2 rings (SSSR count). The van der Waals surface area contributed by atoms with Crippen LogP contribution in [-0.4, -0.2) is 18.4 Å². The molecule has 16 heavy (non-hydrogen) atoms. The van der Waals surface area contributed by atoms with Gasteiger partial charge in [-0.3, -0.25) is 0 Å². The molecule has 1 aromatic carbocycles. The zero-order valence-corrected chi connectivity index (χ0v) is 10.7. The predicted molar refractivity (Wildman–Crippen MR) is 70.2 cm³/mol. The lowest BCUT2D eigenvalue weighted by molar-refractivity contribution is 0.286. The summed E-state index contributed by atoms with van der Waals surface area (Å²) < 4.78 is 4.68. The van der Waals surface area contributed by atoms with Crippen molar-refractivity contribution in [2.45, 2.75) is 34.6 Å². The lowest BCUT2D eigenvalue weighted by atomic mass is 9.75. The van der Waals surface area contributed by atoms with Crippen LogP contribution in [0.3, 0.4) is 0 Å². The Kier molecular flexibility index (Phi) is 7.30. The molecule has 0 fully saturated rings. The second-order valence-corrected chi connectivity index (χ2v) is 2.82. The van der Waals surface area contributed by atoms with Gasteiger partial charge >= 0.3 is 7.12 Å². The van der Waals surface area contributed by atoms with Crippen LogP contribution in [0.2, 0.25) is 0 Å². The van der Waals surface area contributed by atoms with Gasteiger partial charge in [0.2, 0.25) is 0 Å². The highest BCUT2D eigenvalue weighted by Gasteiger charge is 2.24. The Bertz CT molecular complexity index is 340. The summed E-state index contributed by atoms with van der Waals surface area (Å²) in [5.41, 5.74) is 2.80. The van der Waals surface area contributed by atoms with E-state index in [0.29, 0.717) is 0 Å². The summed E-state index contributed by atoms with van der Waals surface area (Å²) in [6, 6.07) is 5.79. The Morgan fingerprint density at radius 1 is 1.19 bits per heavy atom. The molecule has 0 radical (unpaired) electrons. The predicted octanol–water partition coefficient (Wildman–Crippen LogP) is 2.10. The van der Waals surface area contributed by atoms with Crippen LogP contribution in [0.25, 0.3) is 0 Å². The Hall–Kier alpha value is -1.29. The molecule has 1 aliphatic heterocycles. The van der Waals surface area contributed by atoms with Gasteiger partial charge < -0.3 is 9.78 Å². The van der Waals surface area contributed by atoms with E-state index >= 15 is 0 Å². The van der Waals surface area contributed by atoms with Crippen molar-refractivity contribution in [2.24, 2.45) is 5.16 Å². The molecule has 0 bridgehead atoms. The maximum Gasteiger partial charge on any atom is 0.583 e. The fourth-order valence-electron chi connectivity index (χ4n) is 1.23. The zero-order chi connectivity index (χ0) is 12.6.